The van der Waals surface area contributed by atoms with Gasteiger partial charge in [0.05, 0.1) is 0 Å². The van der Waals surface area contributed by atoms with E-state index in [1.165, 1.54) is 25.7 Å². The Morgan fingerprint density at radius 1 is 1.46 bits per heavy atom. The van der Waals surface area contributed by atoms with Crippen molar-refractivity contribution in [2.75, 3.05) is 7.05 Å². The molecule has 0 aromatic heterocycles. The van der Waals surface area contributed by atoms with Crippen LogP contribution in [0.1, 0.15) is 39.0 Å². The molecule has 1 fully saturated rings. The maximum atomic E-state index is 5.29. The molecule has 0 heterocycles. The Morgan fingerprint density at radius 2 is 2.23 bits per heavy atom. The summed E-state index contributed by atoms with van der Waals surface area (Å²) in [7, 11) is 2.07. The Labute approximate surface area is 82.3 Å². The van der Waals surface area contributed by atoms with Gasteiger partial charge >= 0.3 is 0 Å². The Hall–Kier alpha value is -0.480. The van der Waals surface area contributed by atoms with Gasteiger partial charge in [0, 0.05) is 12.5 Å². The molecule has 0 radical (unpaired) electrons. The van der Waals surface area contributed by atoms with Gasteiger partial charge in [-0.1, -0.05) is 6.92 Å². The Morgan fingerprint density at radius 3 is 2.85 bits per heavy atom. The molecule has 1 rings (SSSR count). The summed E-state index contributed by atoms with van der Waals surface area (Å²) in [5.41, 5.74) is 0. The fourth-order valence-corrected chi connectivity index (χ4v) is 2.35. The molecule has 0 aromatic rings. The summed E-state index contributed by atoms with van der Waals surface area (Å²) < 4.78 is 0. The first-order valence-corrected chi connectivity index (χ1v) is 5.38. The van der Waals surface area contributed by atoms with Crippen molar-refractivity contribution in [2.24, 2.45) is 11.8 Å². The standard InChI is InChI=1S/C12H21N/c1-4-5-6-11-9-12(13-3)8-7-10(11)2/h1,10-13H,5-9H2,2-3H3. The monoisotopic (exact) mass is 179 g/mol. The molecule has 74 valence electrons. The molecule has 1 saturated carbocycles. The van der Waals surface area contributed by atoms with Crippen LogP contribution in [0, 0.1) is 24.2 Å². The Bertz CT molecular complexity index is 180. The van der Waals surface area contributed by atoms with Crippen LogP contribution < -0.4 is 5.32 Å². The molecular weight excluding hydrogens is 158 g/mol. The van der Waals surface area contributed by atoms with Crippen LogP contribution in [0.4, 0.5) is 0 Å². The zero-order valence-electron chi connectivity index (χ0n) is 8.84. The molecule has 1 N–H and O–H groups in total. The molecule has 1 heteroatoms. The van der Waals surface area contributed by atoms with Gasteiger partial charge in [-0.2, -0.15) is 0 Å². The summed E-state index contributed by atoms with van der Waals surface area (Å²) >= 11 is 0. The van der Waals surface area contributed by atoms with Crippen LogP contribution in [0.25, 0.3) is 0 Å². The third-order valence-electron chi connectivity index (χ3n) is 3.43. The van der Waals surface area contributed by atoms with E-state index in [0.717, 1.165) is 24.3 Å². The van der Waals surface area contributed by atoms with Crippen molar-refractivity contribution in [2.45, 2.75) is 45.1 Å². The largest absolute Gasteiger partial charge is 0.317 e. The first-order valence-electron chi connectivity index (χ1n) is 5.38. The fraction of sp³-hybridized carbons (Fsp3) is 0.833. The second-order valence-electron chi connectivity index (χ2n) is 4.28. The van der Waals surface area contributed by atoms with Crippen LogP contribution in [0.2, 0.25) is 0 Å². The summed E-state index contributed by atoms with van der Waals surface area (Å²) in [5, 5.41) is 3.38. The number of rotatable bonds is 3. The van der Waals surface area contributed by atoms with Crippen LogP contribution in [0.3, 0.4) is 0 Å². The number of nitrogens with one attached hydrogen (secondary N) is 1. The molecule has 0 bridgehead atoms. The van der Waals surface area contributed by atoms with Gasteiger partial charge in [0.1, 0.15) is 0 Å². The first kappa shape index (κ1) is 10.6. The van der Waals surface area contributed by atoms with E-state index in [4.69, 9.17) is 6.42 Å². The predicted molar refractivity (Wildman–Crippen MR) is 57.4 cm³/mol. The fourth-order valence-electron chi connectivity index (χ4n) is 2.35. The zero-order valence-corrected chi connectivity index (χ0v) is 8.84. The van der Waals surface area contributed by atoms with E-state index in [-0.39, 0.29) is 0 Å². The summed E-state index contributed by atoms with van der Waals surface area (Å²) in [6.07, 6.45) is 11.5. The van der Waals surface area contributed by atoms with E-state index in [1.54, 1.807) is 0 Å². The normalized spacial score (nSPS) is 34.1. The molecule has 0 amide bonds. The minimum absolute atomic E-state index is 0.735. The molecule has 1 aliphatic carbocycles. The predicted octanol–water partition coefficient (Wildman–Crippen LogP) is 2.42. The lowest BCUT2D eigenvalue weighted by atomic mass is 9.76. The minimum atomic E-state index is 0.735. The van der Waals surface area contributed by atoms with Crippen LogP contribution in [0.5, 0.6) is 0 Å². The molecule has 0 saturated heterocycles. The minimum Gasteiger partial charge on any atom is -0.317 e. The van der Waals surface area contributed by atoms with Crippen molar-refractivity contribution < 1.29 is 0 Å². The average Bonchev–Trinajstić information content (AvgIpc) is 2.17. The van der Waals surface area contributed by atoms with Crippen LogP contribution in [0.15, 0.2) is 0 Å². The number of hydrogen-bond acceptors (Lipinski definition) is 1. The van der Waals surface area contributed by atoms with E-state index in [9.17, 15) is 0 Å². The van der Waals surface area contributed by atoms with Crippen LogP contribution >= 0.6 is 0 Å². The third kappa shape index (κ3) is 3.04. The SMILES string of the molecule is C#CCCC1CC(NC)CCC1C. The summed E-state index contributed by atoms with van der Waals surface area (Å²) in [6, 6.07) is 0.735. The van der Waals surface area contributed by atoms with E-state index in [1.807, 2.05) is 0 Å². The van der Waals surface area contributed by atoms with Gasteiger partial charge in [0.25, 0.3) is 0 Å². The smallest absolute Gasteiger partial charge is 0.00888 e. The van der Waals surface area contributed by atoms with Gasteiger partial charge in [-0.3, -0.25) is 0 Å². The second kappa shape index (κ2) is 5.29. The van der Waals surface area contributed by atoms with Gasteiger partial charge in [-0.15, -0.1) is 12.3 Å². The number of terminal acetylenes is 1. The second-order valence-corrected chi connectivity index (χ2v) is 4.28. The van der Waals surface area contributed by atoms with Gasteiger partial charge in [0.2, 0.25) is 0 Å². The van der Waals surface area contributed by atoms with E-state index < -0.39 is 0 Å². The van der Waals surface area contributed by atoms with Crippen molar-refractivity contribution in [1.29, 1.82) is 0 Å². The van der Waals surface area contributed by atoms with Gasteiger partial charge in [-0.05, 0) is 44.6 Å². The molecule has 0 aromatic carbocycles. The Balaban J connectivity index is 2.36. The zero-order chi connectivity index (χ0) is 9.68. The molecule has 0 spiro atoms. The molecule has 3 atom stereocenters. The van der Waals surface area contributed by atoms with E-state index in [2.05, 4.69) is 25.2 Å². The van der Waals surface area contributed by atoms with Crippen LogP contribution in [-0.4, -0.2) is 13.1 Å². The number of hydrogen-bond donors (Lipinski definition) is 1. The topological polar surface area (TPSA) is 12.0 Å². The van der Waals surface area contributed by atoms with Crippen molar-refractivity contribution in [3.63, 3.8) is 0 Å². The van der Waals surface area contributed by atoms with Crippen LogP contribution in [-0.2, 0) is 0 Å². The van der Waals surface area contributed by atoms with E-state index in [0.29, 0.717) is 0 Å². The van der Waals surface area contributed by atoms with Crippen molar-refractivity contribution in [3.8, 4) is 12.3 Å². The molecule has 13 heavy (non-hydrogen) atoms. The molecular formula is C12H21N. The van der Waals surface area contributed by atoms with Crippen molar-refractivity contribution >= 4 is 0 Å². The Kier molecular flexibility index (Phi) is 4.32. The molecule has 3 unspecified atom stereocenters. The molecule has 1 aliphatic rings. The lowest BCUT2D eigenvalue weighted by molar-refractivity contribution is 0.207. The molecule has 0 aliphatic heterocycles. The highest BCUT2D eigenvalue weighted by atomic mass is 14.9. The lowest BCUT2D eigenvalue weighted by Gasteiger charge is -2.33. The highest BCUT2D eigenvalue weighted by molar-refractivity contribution is 4.88. The first-order chi connectivity index (χ1) is 6.27. The van der Waals surface area contributed by atoms with Gasteiger partial charge < -0.3 is 5.32 Å². The maximum absolute atomic E-state index is 5.29. The van der Waals surface area contributed by atoms with Crippen molar-refractivity contribution in [3.05, 3.63) is 0 Å². The summed E-state index contributed by atoms with van der Waals surface area (Å²) in [6.45, 7) is 2.37. The third-order valence-corrected chi connectivity index (χ3v) is 3.43. The highest BCUT2D eigenvalue weighted by Gasteiger charge is 2.25. The van der Waals surface area contributed by atoms with E-state index >= 15 is 0 Å². The highest BCUT2D eigenvalue weighted by Crippen LogP contribution is 2.32. The van der Waals surface area contributed by atoms with Gasteiger partial charge in [-0.25, -0.2) is 0 Å². The average molecular weight is 179 g/mol. The maximum Gasteiger partial charge on any atom is 0.00888 e. The quantitative estimate of drug-likeness (QED) is 0.656. The van der Waals surface area contributed by atoms with Crippen molar-refractivity contribution in [1.82, 2.24) is 5.32 Å². The summed E-state index contributed by atoms with van der Waals surface area (Å²) in [5.74, 6) is 4.47. The van der Waals surface area contributed by atoms with Gasteiger partial charge in [0.15, 0.2) is 0 Å². The summed E-state index contributed by atoms with van der Waals surface area (Å²) in [4.78, 5) is 0. The lowest BCUT2D eigenvalue weighted by Crippen LogP contribution is -2.34. The molecule has 1 nitrogen and oxygen atoms in total.